The number of likely N-dealkylation sites (tertiary alicyclic amines) is 1. The zero-order valence-electron chi connectivity index (χ0n) is 11.8. The number of anilines is 1. The quantitative estimate of drug-likeness (QED) is 0.901. The van der Waals surface area contributed by atoms with Gasteiger partial charge in [0.15, 0.2) is 0 Å². The first kappa shape index (κ1) is 12.8. The van der Waals surface area contributed by atoms with Crippen LogP contribution in [0.1, 0.15) is 31.7 Å². The number of ether oxygens (including phenoxy) is 1. The van der Waals surface area contributed by atoms with Gasteiger partial charge in [-0.15, -0.1) is 0 Å². The number of rotatable bonds is 4. The first-order valence-electron chi connectivity index (χ1n) is 7.60. The van der Waals surface area contributed by atoms with E-state index in [0.717, 1.165) is 25.4 Å². The second-order valence-corrected chi connectivity index (χ2v) is 5.58. The van der Waals surface area contributed by atoms with Crippen molar-refractivity contribution in [2.45, 2.75) is 38.6 Å². The molecule has 3 nitrogen and oxygen atoms in total. The number of hydrogen-bond acceptors (Lipinski definition) is 3. The Labute approximate surface area is 115 Å². The lowest BCUT2D eigenvalue weighted by molar-refractivity contribution is 0.179. The third-order valence-corrected chi connectivity index (χ3v) is 4.36. The summed E-state index contributed by atoms with van der Waals surface area (Å²) in [6.07, 6.45) is 4.99. The third kappa shape index (κ3) is 2.86. The topological polar surface area (TPSA) is 24.5 Å². The van der Waals surface area contributed by atoms with Gasteiger partial charge in [-0.05, 0) is 62.5 Å². The number of nitrogens with one attached hydrogen (secondary N) is 1. The largest absolute Gasteiger partial charge is 0.492 e. The fraction of sp³-hybridized carbons (Fsp3) is 0.625. The first-order valence-corrected chi connectivity index (χ1v) is 7.60. The highest BCUT2D eigenvalue weighted by atomic mass is 16.5. The van der Waals surface area contributed by atoms with Gasteiger partial charge >= 0.3 is 0 Å². The van der Waals surface area contributed by atoms with E-state index in [1.807, 2.05) is 0 Å². The van der Waals surface area contributed by atoms with Crippen LogP contribution in [0.25, 0.3) is 0 Å². The van der Waals surface area contributed by atoms with Crippen LogP contribution in [-0.4, -0.2) is 37.2 Å². The van der Waals surface area contributed by atoms with Crippen molar-refractivity contribution in [3.05, 3.63) is 23.8 Å². The molecule has 1 saturated heterocycles. The normalized spacial score (nSPS) is 22.9. The number of aryl methyl sites for hydroxylation is 1. The third-order valence-electron chi connectivity index (χ3n) is 4.36. The Morgan fingerprint density at radius 1 is 1.37 bits per heavy atom. The summed E-state index contributed by atoms with van der Waals surface area (Å²) < 4.78 is 6.02. The molecule has 0 spiro atoms. The average Bonchev–Trinajstić information content (AvgIpc) is 2.92. The van der Waals surface area contributed by atoms with Gasteiger partial charge in [-0.25, -0.2) is 0 Å². The fourth-order valence-electron chi connectivity index (χ4n) is 3.23. The van der Waals surface area contributed by atoms with E-state index >= 15 is 0 Å². The molecule has 2 aliphatic rings. The number of nitrogens with zero attached hydrogens (tertiary/aromatic N) is 1. The second kappa shape index (κ2) is 5.83. The summed E-state index contributed by atoms with van der Waals surface area (Å²) in [6.45, 7) is 6.55. The molecule has 0 bridgehead atoms. The predicted octanol–water partition coefficient (Wildman–Crippen LogP) is 2.91. The van der Waals surface area contributed by atoms with Gasteiger partial charge in [-0.3, -0.25) is 4.90 Å². The molecule has 1 aromatic carbocycles. The van der Waals surface area contributed by atoms with E-state index in [9.17, 15) is 0 Å². The second-order valence-electron chi connectivity index (χ2n) is 5.58. The summed E-state index contributed by atoms with van der Waals surface area (Å²) in [7, 11) is 0. The van der Waals surface area contributed by atoms with E-state index in [0.29, 0.717) is 6.04 Å². The van der Waals surface area contributed by atoms with Crippen LogP contribution in [0.3, 0.4) is 0 Å². The molecule has 19 heavy (non-hydrogen) atoms. The highest BCUT2D eigenvalue weighted by molar-refractivity contribution is 5.55. The summed E-state index contributed by atoms with van der Waals surface area (Å²) >= 11 is 0. The smallest absolute Gasteiger partial charge is 0.119 e. The molecule has 1 fully saturated rings. The average molecular weight is 260 g/mol. The van der Waals surface area contributed by atoms with Crippen molar-refractivity contribution in [2.75, 3.05) is 31.6 Å². The number of likely N-dealkylation sites (N-methyl/N-ethyl adjacent to an activating group) is 1. The van der Waals surface area contributed by atoms with Crippen molar-refractivity contribution in [2.24, 2.45) is 0 Å². The van der Waals surface area contributed by atoms with Crippen LogP contribution in [0.2, 0.25) is 0 Å². The van der Waals surface area contributed by atoms with Crippen molar-refractivity contribution in [1.29, 1.82) is 0 Å². The summed E-state index contributed by atoms with van der Waals surface area (Å²) in [4.78, 5) is 2.53. The highest BCUT2D eigenvalue weighted by Crippen LogP contribution is 2.27. The van der Waals surface area contributed by atoms with E-state index in [1.54, 1.807) is 0 Å². The van der Waals surface area contributed by atoms with E-state index in [1.165, 1.54) is 43.5 Å². The highest BCUT2D eigenvalue weighted by Gasteiger charge is 2.23. The molecule has 1 aromatic rings. The maximum Gasteiger partial charge on any atom is 0.119 e. The van der Waals surface area contributed by atoms with Crippen LogP contribution in [0.5, 0.6) is 5.75 Å². The SMILES string of the molecule is CCN1CCCC1COc1ccc2c(c1)CCCN2. The van der Waals surface area contributed by atoms with E-state index < -0.39 is 0 Å². The molecule has 0 aromatic heterocycles. The standard InChI is InChI=1S/C16H24N2O/c1-2-18-10-4-6-14(18)12-19-15-7-8-16-13(11-15)5-3-9-17-16/h7-8,11,14,17H,2-6,9-10,12H2,1H3. The molecule has 1 atom stereocenters. The lowest BCUT2D eigenvalue weighted by Crippen LogP contribution is -2.33. The predicted molar refractivity (Wildman–Crippen MR) is 79.0 cm³/mol. The molecule has 3 heteroatoms. The molecule has 2 heterocycles. The van der Waals surface area contributed by atoms with Gasteiger partial charge in [0.05, 0.1) is 0 Å². The fourth-order valence-corrected chi connectivity index (χ4v) is 3.23. The molecule has 1 N–H and O–H groups in total. The maximum absolute atomic E-state index is 6.02. The molecule has 0 amide bonds. The molecular weight excluding hydrogens is 236 g/mol. The molecule has 3 rings (SSSR count). The van der Waals surface area contributed by atoms with Crippen LogP contribution in [0, 0.1) is 0 Å². The number of hydrogen-bond donors (Lipinski definition) is 1. The Morgan fingerprint density at radius 2 is 2.32 bits per heavy atom. The number of benzene rings is 1. The minimum Gasteiger partial charge on any atom is -0.492 e. The van der Waals surface area contributed by atoms with Gasteiger partial charge < -0.3 is 10.1 Å². The van der Waals surface area contributed by atoms with Crippen molar-refractivity contribution < 1.29 is 4.74 Å². The summed E-state index contributed by atoms with van der Waals surface area (Å²) in [5.74, 6) is 1.03. The van der Waals surface area contributed by atoms with E-state index in [-0.39, 0.29) is 0 Å². The Bertz CT molecular complexity index is 433. The number of fused-ring (bicyclic) bond motifs is 1. The molecule has 0 radical (unpaired) electrons. The van der Waals surface area contributed by atoms with Gasteiger partial charge in [0.1, 0.15) is 12.4 Å². The molecule has 0 saturated carbocycles. The summed E-state index contributed by atoms with van der Waals surface area (Å²) in [6, 6.07) is 7.09. The van der Waals surface area contributed by atoms with Crippen molar-refractivity contribution in [1.82, 2.24) is 4.90 Å². The molecule has 104 valence electrons. The van der Waals surface area contributed by atoms with Gasteiger partial charge in [-0.1, -0.05) is 6.92 Å². The van der Waals surface area contributed by atoms with Crippen LogP contribution in [0.4, 0.5) is 5.69 Å². The van der Waals surface area contributed by atoms with Crippen LogP contribution < -0.4 is 10.1 Å². The van der Waals surface area contributed by atoms with Crippen LogP contribution in [-0.2, 0) is 6.42 Å². The minimum atomic E-state index is 0.610. The van der Waals surface area contributed by atoms with Crippen molar-refractivity contribution in [3.63, 3.8) is 0 Å². The molecule has 2 aliphatic heterocycles. The van der Waals surface area contributed by atoms with Gasteiger partial charge in [0, 0.05) is 18.3 Å². The first-order chi connectivity index (χ1) is 9.36. The lowest BCUT2D eigenvalue weighted by Gasteiger charge is -2.23. The van der Waals surface area contributed by atoms with Crippen molar-refractivity contribution in [3.8, 4) is 5.75 Å². The van der Waals surface area contributed by atoms with E-state index in [2.05, 4.69) is 35.3 Å². The minimum absolute atomic E-state index is 0.610. The zero-order valence-corrected chi connectivity index (χ0v) is 11.8. The lowest BCUT2D eigenvalue weighted by atomic mass is 10.0. The zero-order chi connectivity index (χ0) is 13.1. The maximum atomic E-state index is 6.02. The Balaban J connectivity index is 1.60. The summed E-state index contributed by atoms with van der Waals surface area (Å²) in [5, 5.41) is 3.44. The van der Waals surface area contributed by atoms with E-state index in [4.69, 9.17) is 4.74 Å². The Kier molecular flexibility index (Phi) is 3.92. The molecule has 0 aliphatic carbocycles. The van der Waals surface area contributed by atoms with Crippen LogP contribution >= 0.6 is 0 Å². The summed E-state index contributed by atoms with van der Waals surface area (Å²) in [5.41, 5.74) is 2.69. The van der Waals surface area contributed by atoms with Gasteiger partial charge in [-0.2, -0.15) is 0 Å². The van der Waals surface area contributed by atoms with Gasteiger partial charge in [0.25, 0.3) is 0 Å². The van der Waals surface area contributed by atoms with Crippen LogP contribution in [0.15, 0.2) is 18.2 Å². The molecular formula is C16H24N2O. The monoisotopic (exact) mass is 260 g/mol. The Morgan fingerprint density at radius 3 is 3.21 bits per heavy atom. The van der Waals surface area contributed by atoms with Gasteiger partial charge in [0.2, 0.25) is 0 Å². The Hall–Kier alpha value is -1.22. The molecule has 1 unspecified atom stereocenters. The van der Waals surface area contributed by atoms with Crippen molar-refractivity contribution >= 4 is 5.69 Å².